The quantitative estimate of drug-likeness (QED) is 0.770. The Hall–Kier alpha value is -2.04. The molecule has 1 aromatic rings. The van der Waals surface area contributed by atoms with Crippen molar-refractivity contribution in [1.82, 2.24) is 10.2 Å². The van der Waals surface area contributed by atoms with Crippen molar-refractivity contribution in [3.05, 3.63) is 29.8 Å². The third-order valence-electron chi connectivity index (χ3n) is 5.07. The molecule has 1 fully saturated rings. The largest absolute Gasteiger partial charge is 0.497 e. The lowest BCUT2D eigenvalue weighted by Gasteiger charge is -2.31. The van der Waals surface area contributed by atoms with E-state index in [0.29, 0.717) is 13.0 Å². The number of carbonyl (C=O) groups is 2. The van der Waals surface area contributed by atoms with Gasteiger partial charge in [0.15, 0.2) is 0 Å². The average molecular weight is 360 g/mol. The molecule has 0 aromatic heterocycles. The maximum Gasteiger partial charge on any atom is 0.242 e. The first-order valence-electron chi connectivity index (χ1n) is 9.78. The van der Waals surface area contributed by atoms with Crippen molar-refractivity contribution in [2.75, 3.05) is 7.11 Å². The number of amides is 2. The molecule has 1 saturated carbocycles. The lowest BCUT2D eigenvalue weighted by atomic mass is 9.95. The summed E-state index contributed by atoms with van der Waals surface area (Å²) >= 11 is 0. The lowest BCUT2D eigenvalue weighted by Crippen LogP contribution is -2.50. The summed E-state index contributed by atoms with van der Waals surface area (Å²) in [5, 5.41) is 3.15. The summed E-state index contributed by atoms with van der Waals surface area (Å²) < 4.78 is 5.27. The number of ether oxygens (including phenoxy) is 1. The van der Waals surface area contributed by atoms with Crippen LogP contribution in [0.1, 0.15) is 64.4 Å². The monoisotopic (exact) mass is 360 g/mol. The zero-order valence-electron chi connectivity index (χ0n) is 16.3. The van der Waals surface area contributed by atoms with E-state index in [9.17, 15) is 9.59 Å². The number of nitrogens with zero attached hydrogens (tertiary/aromatic N) is 1. The highest BCUT2D eigenvalue weighted by Gasteiger charge is 2.27. The van der Waals surface area contributed by atoms with E-state index in [1.54, 1.807) is 12.0 Å². The minimum atomic E-state index is -0.484. The number of nitrogens with one attached hydrogen (secondary N) is 1. The molecule has 0 unspecified atom stereocenters. The second-order valence-corrected chi connectivity index (χ2v) is 7.14. The summed E-state index contributed by atoms with van der Waals surface area (Å²) in [6.45, 7) is 4.22. The van der Waals surface area contributed by atoms with Crippen molar-refractivity contribution in [3.8, 4) is 5.75 Å². The molecule has 0 spiro atoms. The summed E-state index contributed by atoms with van der Waals surface area (Å²) in [4.78, 5) is 27.1. The predicted molar refractivity (Wildman–Crippen MR) is 103 cm³/mol. The first-order chi connectivity index (χ1) is 12.5. The van der Waals surface area contributed by atoms with E-state index in [-0.39, 0.29) is 17.9 Å². The summed E-state index contributed by atoms with van der Waals surface area (Å²) in [5.74, 6) is 0.718. The molecule has 1 aliphatic carbocycles. The fourth-order valence-electron chi connectivity index (χ4n) is 3.48. The predicted octanol–water partition coefficient (Wildman–Crippen LogP) is 3.66. The molecule has 2 amide bonds. The van der Waals surface area contributed by atoms with Crippen LogP contribution in [0.3, 0.4) is 0 Å². The van der Waals surface area contributed by atoms with E-state index in [1.807, 2.05) is 38.1 Å². The van der Waals surface area contributed by atoms with Gasteiger partial charge in [-0.15, -0.1) is 0 Å². The van der Waals surface area contributed by atoms with Crippen molar-refractivity contribution < 1.29 is 14.3 Å². The average Bonchev–Trinajstić information content (AvgIpc) is 2.66. The van der Waals surface area contributed by atoms with Gasteiger partial charge >= 0.3 is 0 Å². The van der Waals surface area contributed by atoms with Crippen LogP contribution in [0.5, 0.6) is 5.75 Å². The molecular formula is C21H32N2O3. The maximum absolute atomic E-state index is 12.7. The Bertz CT molecular complexity index is 597. The van der Waals surface area contributed by atoms with Crippen LogP contribution in [0, 0.1) is 0 Å². The smallest absolute Gasteiger partial charge is 0.242 e. The van der Waals surface area contributed by atoms with E-state index >= 15 is 0 Å². The van der Waals surface area contributed by atoms with Gasteiger partial charge in [-0.1, -0.05) is 38.3 Å². The second kappa shape index (κ2) is 10.2. The standard InChI is InChI=1S/C21H32N2O3/c1-4-9-20(24)23(15-17-10-8-13-19(14-17)26-3)16(2)21(25)22-18-11-6-5-7-12-18/h8,10,13-14,16,18H,4-7,9,11-12,15H2,1-3H3,(H,22,25)/t16-/m0/s1. The third kappa shape index (κ3) is 5.75. The molecule has 1 atom stereocenters. The lowest BCUT2D eigenvalue weighted by molar-refractivity contribution is -0.141. The van der Waals surface area contributed by atoms with Crippen LogP contribution < -0.4 is 10.1 Å². The van der Waals surface area contributed by atoms with Crippen molar-refractivity contribution in [2.45, 2.75) is 77.4 Å². The zero-order valence-corrected chi connectivity index (χ0v) is 16.3. The van der Waals surface area contributed by atoms with E-state index < -0.39 is 6.04 Å². The number of hydrogen-bond donors (Lipinski definition) is 1. The van der Waals surface area contributed by atoms with Crippen molar-refractivity contribution in [3.63, 3.8) is 0 Å². The Balaban J connectivity index is 2.08. The van der Waals surface area contributed by atoms with Gasteiger partial charge in [0.2, 0.25) is 11.8 Å². The summed E-state index contributed by atoms with van der Waals surface area (Å²) in [6, 6.07) is 7.42. The van der Waals surface area contributed by atoms with Gasteiger partial charge < -0.3 is 15.0 Å². The molecule has 0 heterocycles. The number of methoxy groups -OCH3 is 1. The molecule has 144 valence electrons. The molecular weight excluding hydrogens is 328 g/mol. The summed E-state index contributed by atoms with van der Waals surface area (Å²) in [5.41, 5.74) is 0.964. The Kier molecular flexibility index (Phi) is 7.95. The molecule has 26 heavy (non-hydrogen) atoms. The van der Waals surface area contributed by atoms with Crippen LogP contribution in [-0.4, -0.2) is 35.9 Å². The number of hydrogen-bond acceptors (Lipinski definition) is 3. The highest BCUT2D eigenvalue weighted by atomic mass is 16.5. The van der Waals surface area contributed by atoms with Crippen LogP contribution in [0.25, 0.3) is 0 Å². The van der Waals surface area contributed by atoms with Crippen LogP contribution in [0.2, 0.25) is 0 Å². The van der Waals surface area contributed by atoms with Gasteiger partial charge in [-0.2, -0.15) is 0 Å². The molecule has 0 radical (unpaired) electrons. The van der Waals surface area contributed by atoms with Gasteiger partial charge in [0.05, 0.1) is 7.11 Å². The molecule has 5 nitrogen and oxygen atoms in total. The van der Waals surface area contributed by atoms with Crippen LogP contribution in [-0.2, 0) is 16.1 Å². The number of rotatable bonds is 8. The number of benzene rings is 1. The summed E-state index contributed by atoms with van der Waals surface area (Å²) in [7, 11) is 1.62. The van der Waals surface area contributed by atoms with Gasteiger partial charge in [0.1, 0.15) is 11.8 Å². The summed E-state index contributed by atoms with van der Waals surface area (Å²) in [6.07, 6.45) is 6.88. The minimum Gasteiger partial charge on any atom is -0.497 e. The number of carbonyl (C=O) groups excluding carboxylic acids is 2. The first kappa shape index (κ1) is 20.3. The first-order valence-corrected chi connectivity index (χ1v) is 9.78. The molecule has 0 saturated heterocycles. The van der Waals surface area contributed by atoms with Gasteiger partial charge in [-0.3, -0.25) is 9.59 Å². The van der Waals surface area contributed by atoms with E-state index in [4.69, 9.17) is 4.74 Å². The Labute approximate surface area is 157 Å². The van der Waals surface area contributed by atoms with E-state index in [1.165, 1.54) is 19.3 Å². The van der Waals surface area contributed by atoms with Crippen molar-refractivity contribution in [2.24, 2.45) is 0 Å². The molecule has 0 aliphatic heterocycles. The van der Waals surface area contributed by atoms with Gasteiger partial charge in [0, 0.05) is 19.0 Å². The van der Waals surface area contributed by atoms with Crippen molar-refractivity contribution >= 4 is 11.8 Å². The Morgan fingerprint density at radius 1 is 1.27 bits per heavy atom. The minimum absolute atomic E-state index is 0.0154. The topological polar surface area (TPSA) is 58.6 Å². The van der Waals surface area contributed by atoms with Gasteiger partial charge in [0.25, 0.3) is 0 Å². The zero-order chi connectivity index (χ0) is 18.9. The van der Waals surface area contributed by atoms with Crippen LogP contribution in [0.15, 0.2) is 24.3 Å². The van der Waals surface area contributed by atoms with Crippen LogP contribution in [0.4, 0.5) is 0 Å². The molecule has 2 rings (SSSR count). The van der Waals surface area contributed by atoms with Crippen LogP contribution >= 0.6 is 0 Å². The SMILES string of the molecule is CCCC(=O)N(Cc1cccc(OC)c1)[C@@H](C)C(=O)NC1CCCCC1. The third-order valence-corrected chi connectivity index (χ3v) is 5.07. The highest BCUT2D eigenvalue weighted by molar-refractivity contribution is 5.87. The Morgan fingerprint density at radius 3 is 2.65 bits per heavy atom. The second-order valence-electron chi connectivity index (χ2n) is 7.14. The van der Waals surface area contributed by atoms with Crippen molar-refractivity contribution in [1.29, 1.82) is 0 Å². The van der Waals surface area contributed by atoms with E-state index in [0.717, 1.165) is 30.6 Å². The highest BCUT2D eigenvalue weighted by Crippen LogP contribution is 2.19. The Morgan fingerprint density at radius 2 is 2.00 bits per heavy atom. The molecule has 1 aliphatic rings. The normalized spacial score (nSPS) is 16.0. The fraction of sp³-hybridized carbons (Fsp3) is 0.619. The van der Waals surface area contributed by atoms with E-state index in [2.05, 4.69) is 5.32 Å². The molecule has 0 bridgehead atoms. The maximum atomic E-state index is 12.7. The fourth-order valence-corrected chi connectivity index (χ4v) is 3.48. The van der Waals surface area contributed by atoms with Gasteiger partial charge in [-0.05, 0) is 43.9 Å². The molecule has 5 heteroatoms. The van der Waals surface area contributed by atoms with Gasteiger partial charge in [-0.25, -0.2) is 0 Å². The molecule has 1 N–H and O–H groups in total. The molecule has 1 aromatic carbocycles.